The summed E-state index contributed by atoms with van der Waals surface area (Å²) >= 11 is 0. The van der Waals surface area contributed by atoms with Gasteiger partial charge in [-0.05, 0) is 47.0 Å². The number of rotatable bonds is 7. The molecule has 1 unspecified atom stereocenters. The fraction of sp³-hybridized carbons (Fsp3) is 0.600. The van der Waals surface area contributed by atoms with E-state index >= 15 is 0 Å². The van der Waals surface area contributed by atoms with Crippen LogP contribution in [0.15, 0.2) is 34.9 Å². The van der Waals surface area contributed by atoms with Crippen LogP contribution in [-0.2, 0) is 0 Å². The Labute approximate surface area is 105 Å². The first-order valence-electron chi connectivity index (χ1n) is 6.21. The zero-order valence-corrected chi connectivity index (χ0v) is 11.5. The van der Waals surface area contributed by atoms with Crippen LogP contribution in [0.1, 0.15) is 47.0 Å². The lowest BCUT2D eigenvalue weighted by atomic mass is 10.0. The molecule has 98 valence electrons. The van der Waals surface area contributed by atoms with Gasteiger partial charge in [0.1, 0.15) is 0 Å². The van der Waals surface area contributed by atoms with Gasteiger partial charge in [-0.2, -0.15) is 0 Å². The van der Waals surface area contributed by atoms with Gasteiger partial charge in [0.05, 0.1) is 12.7 Å². The number of hydrogen-bond acceptors (Lipinski definition) is 2. The SMILES string of the molecule is CC(C)=CC(O)C/C(C)=C/CC/C(C)=C/CO. The molecule has 0 bridgehead atoms. The molecular weight excluding hydrogens is 212 g/mol. The van der Waals surface area contributed by atoms with Crippen molar-refractivity contribution in [2.75, 3.05) is 6.61 Å². The van der Waals surface area contributed by atoms with Crippen LogP contribution in [0.2, 0.25) is 0 Å². The first-order valence-corrected chi connectivity index (χ1v) is 6.21. The van der Waals surface area contributed by atoms with Gasteiger partial charge in [-0.15, -0.1) is 0 Å². The molecule has 0 heterocycles. The van der Waals surface area contributed by atoms with Crippen molar-refractivity contribution in [3.8, 4) is 0 Å². The highest BCUT2D eigenvalue weighted by atomic mass is 16.3. The van der Waals surface area contributed by atoms with E-state index in [1.807, 2.05) is 39.8 Å². The predicted molar refractivity (Wildman–Crippen MR) is 73.9 cm³/mol. The molecule has 1 atom stereocenters. The van der Waals surface area contributed by atoms with Crippen molar-refractivity contribution in [1.29, 1.82) is 0 Å². The van der Waals surface area contributed by atoms with Gasteiger partial charge in [-0.1, -0.05) is 34.9 Å². The quantitative estimate of drug-likeness (QED) is 0.668. The molecule has 0 aliphatic heterocycles. The minimum atomic E-state index is -0.370. The zero-order chi connectivity index (χ0) is 13.3. The van der Waals surface area contributed by atoms with Gasteiger partial charge >= 0.3 is 0 Å². The average Bonchev–Trinajstić information content (AvgIpc) is 2.16. The number of aliphatic hydroxyl groups excluding tert-OH is 2. The van der Waals surface area contributed by atoms with Crippen molar-refractivity contribution in [2.24, 2.45) is 0 Å². The highest BCUT2D eigenvalue weighted by Crippen LogP contribution is 2.11. The summed E-state index contributed by atoms with van der Waals surface area (Å²) in [5.74, 6) is 0. The molecule has 2 nitrogen and oxygen atoms in total. The van der Waals surface area contributed by atoms with Crippen LogP contribution in [0, 0.1) is 0 Å². The topological polar surface area (TPSA) is 40.5 Å². The Bertz CT molecular complexity index is 294. The second kappa shape index (κ2) is 9.20. The Hall–Kier alpha value is -0.860. The predicted octanol–water partition coefficient (Wildman–Crippen LogP) is 3.37. The van der Waals surface area contributed by atoms with Crippen molar-refractivity contribution in [1.82, 2.24) is 0 Å². The molecule has 0 amide bonds. The molecule has 0 rings (SSSR count). The third-order valence-electron chi connectivity index (χ3n) is 2.53. The number of hydrogen-bond donors (Lipinski definition) is 2. The standard InChI is InChI=1S/C15H26O2/c1-12(2)10-15(17)11-14(4)7-5-6-13(3)8-9-16/h7-8,10,15-17H,5-6,9,11H2,1-4H3/b13-8+,14-7+. The molecule has 17 heavy (non-hydrogen) atoms. The lowest BCUT2D eigenvalue weighted by Crippen LogP contribution is -2.03. The third kappa shape index (κ3) is 10.0. The molecule has 0 aromatic heterocycles. The van der Waals surface area contributed by atoms with E-state index in [0.717, 1.165) is 18.4 Å². The van der Waals surface area contributed by atoms with Crippen molar-refractivity contribution >= 4 is 0 Å². The van der Waals surface area contributed by atoms with Crippen molar-refractivity contribution < 1.29 is 10.2 Å². The maximum Gasteiger partial charge on any atom is 0.0760 e. The number of aliphatic hydroxyl groups is 2. The van der Waals surface area contributed by atoms with Crippen LogP contribution in [0.4, 0.5) is 0 Å². The van der Waals surface area contributed by atoms with Crippen LogP contribution in [0.25, 0.3) is 0 Å². The van der Waals surface area contributed by atoms with Crippen LogP contribution >= 0.6 is 0 Å². The average molecular weight is 238 g/mol. The van der Waals surface area contributed by atoms with Gasteiger partial charge in [-0.25, -0.2) is 0 Å². The van der Waals surface area contributed by atoms with Crippen molar-refractivity contribution in [3.63, 3.8) is 0 Å². The molecule has 0 aliphatic carbocycles. The molecule has 0 fully saturated rings. The summed E-state index contributed by atoms with van der Waals surface area (Å²) in [6.45, 7) is 8.18. The lowest BCUT2D eigenvalue weighted by Gasteiger charge is -2.07. The minimum absolute atomic E-state index is 0.119. The highest BCUT2D eigenvalue weighted by Gasteiger charge is 2.00. The van der Waals surface area contributed by atoms with E-state index in [9.17, 15) is 5.11 Å². The molecule has 0 aliphatic rings. The fourth-order valence-corrected chi connectivity index (χ4v) is 1.66. The molecule has 0 spiro atoms. The van der Waals surface area contributed by atoms with Crippen LogP contribution in [0.5, 0.6) is 0 Å². The smallest absolute Gasteiger partial charge is 0.0760 e. The highest BCUT2D eigenvalue weighted by molar-refractivity contribution is 5.08. The summed E-state index contributed by atoms with van der Waals surface area (Å²) in [4.78, 5) is 0. The Morgan fingerprint density at radius 3 is 2.24 bits per heavy atom. The normalized spacial score (nSPS) is 14.7. The van der Waals surface area contributed by atoms with Crippen molar-refractivity contribution in [2.45, 2.75) is 53.1 Å². The summed E-state index contributed by atoms with van der Waals surface area (Å²) < 4.78 is 0. The van der Waals surface area contributed by atoms with E-state index in [4.69, 9.17) is 5.11 Å². The zero-order valence-electron chi connectivity index (χ0n) is 11.5. The van der Waals surface area contributed by atoms with Gasteiger partial charge in [0, 0.05) is 0 Å². The van der Waals surface area contributed by atoms with Gasteiger partial charge in [0.15, 0.2) is 0 Å². The molecule has 0 aromatic rings. The maximum atomic E-state index is 9.72. The van der Waals surface area contributed by atoms with Crippen LogP contribution < -0.4 is 0 Å². The molecule has 0 radical (unpaired) electrons. The van der Waals surface area contributed by atoms with Gasteiger partial charge < -0.3 is 10.2 Å². The number of allylic oxidation sites excluding steroid dienone is 3. The summed E-state index contributed by atoms with van der Waals surface area (Å²) in [7, 11) is 0. The molecule has 2 heteroatoms. The van der Waals surface area contributed by atoms with E-state index in [1.165, 1.54) is 11.1 Å². The summed E-state index contributed by atoms with van der Waals surface area (Å²) in [6, 6.07) is 0. The van der Waals surface area contributed by atoms with E-state index in [1.54, 1.807) is 0 Å². The third-order valence-corrected chi connectivity index (χ3v) is 2.53. The monoisotopic (exact) mass is 238 g/mol. The van der Waals surface area contributed by atoms with Gasteiger partial charge in [0.25, 0.3) is 0 Å². The molecule has 0 saturated heterocycles. The fourth-order valence-electron chi connectivity index (χ4n) is 1.66. The molecular formula is C15H26O2. The summed E-state index contributed by atoms with van der Waals surface area (Å²) in [5, 5.41) is 18.4. The summed E-state index contributed by atoms with van der Waals surface area (Å²) in [6.07, 6.45) is 8.15. The van der Waals surface area contributed by atoms with E-state index in [2.05, 4.69) is 6.08 Å². The largest absolute Gasteiger partial charge is 0.392 e. The first kappa shape index (κ1) is 16.1. The lowest BCUT2D eigenvalue weighted by molar-refractivity contribution is 0.222. The Morgan fingerprint density at radius 2 is 1.71 bits per heavy atom. The van der Waals surface area contributed by atoms with Crippen LogP contribution in [0.3, 0.4) is 0 Å². The Kier molecular flexibility index (Phi) is 8.73. The first-order chi connectivity index (χ1) is 7.95. The Morgan fingerprint density at radius 1 is 1.06 bits per heavy atom. The van der Waals surface area contributed by atoms with Crippen molar-refractivity contribution in [3.05, 3.63) is 34.9 Å². The van der Waals surface area contributed by atoms with Gasteiger partial charge in [0.2, 0.25) is 0 Å². The molecule has 2 N–H and O–H groups in total. The summed E-state index contributed by atoms with van der Waals surface area (Å²) in [5.41, 5.74) is 3.57. The van der Waals surface area contributed by atoms with E-state index in [0.29, 0.717) is 6.42 Å². The minimum Gasteiger partial charge on any atom is -0.392 e. The van der Waals surface area contributed by atoms with E-state index < -0.39 is 0 Å². The second-order valence-electron chi connectivity index (χ2n) is 4.84. The van der Waals surface area contributed by atoms with Crippen LogP contribution in [-0.4, -0.2) is 22.9 Å². The Balaban J connectivity index is 4.02. The second-order valence-corrected chi connectivity index (χ2v) is 4.84. The van der Waals surface area contributed by atoms with Gasteiger partial charge in [-0.3, -0.25) is 0 Å². The maximum absolute atomic E-state index is 9.72. The molecule has 0 aromatic carbocycles. The molecule has 0 saturated carbocycles. The van der Waals surface area contributed by atoms with E-state index in [-0.39, 0.29) is 12.7 Å².